The standard InChI is InChI=1S/C28H20ClNO5/c1-14-11-12-16(13-15(14)2)30-26(33)21-22(27(30)34)28(35-23(21)19-9-5-6-10-20(19)29)24(31)17-7-3-4-8-18(17)25(28)32/h3-13,21-23H,1-2H3/t21-,22+,23+/m0/s1. The molecule has 0 N–H and O–H groups in total. The van der Waals surface area contributed by atoms with Crippen LogP contribution in [0.15, 0.2) is 66.7 Å². The average Bonchev–Trinajstić information content (AvgIpc) is 3.41. The summed E-state index contributed by atoms with van der Waals surface area (Å²) in [6.07, 6.45) is -1.04. The fourth-order valence-corrected chi connectivity index (χ4v) is 5.87. The van der Waals surface area contributed by atoms with Crippen LogP contribution in [0.1, 0.15) is 43.5 Å². The number of halogens is 1. The van der Waals surface area contributed by atoms with Crippen molar-refractivity contribution in [1.29, 1.82) is 0 Å². The summed E-state index contributed by atoms with van der Waals surface area (Å²) in [5.41, 5.74) is 1.07. The van der Waals surface area contributed by atoms with Crippen LogP contribution < -0.4 is 4.90 Å². The van der Waals surface area contributed by atoms with Crippen molar-refractivity contribution in [2.45, 2.75) is 25.6 Å². The molecule has 0 saturated carbocycles. The Balaban J connectivity index is 1.56. The van der Waals surface area contributed by atoms with Crippen LogP contribution in [0, 0.1) is 25.7 Å². The summed E-state index contributed by atoms with van der Waals surface area (Å²) in [6, 6.07) is 18.5. The molecule has 1 spiro atoms. The number of amides is 2. The number of imide groups is 1. The van der Waals surface area contributed by atoms with Crippen molar-refractivity contribution in [3.8, 4) is 0 Å². The van der Waals surface area contributed by atoms with Gasteiger partial charge >= 0.3 is 0 Å². The van der Waals surface area contributed by atoms with Gasteiger partial charge in [0.05, 0.1) is 23.6 Å². The Hall–Kier alpha value is -3.61. The molecule has 2 fully saturated rings. The lowest BCUT2D eigenvalue weighted by Gasteiger charge is -2.27. The highest BCUT2D eigenvalue weighted by molar-refractivity contribution is 6.37. The zero-order valence-electron chi connectivity index (χ0n) is 18.9. The molecule has 0 aromatic heterocycles. The Kier molecular flexibility index (Phi) is 4.66. The average molecular weight is 486 g/mol. The number of Topliss-reactive ketones (excluding diaryl/α,β-unsaturated/α-hetero) is 2. The third-order valence-electron chi connectivity index (χ3n) is 7.48. The molecular weight excluding hydrogens is 466 g/mol. The lowest BCUT2D eigenvalue weighted by atomic mass is 9.77. The number of carbonyl (C=O) groups excluding carboxylic acids is 4. The first-order valence-electron chi connectivity index (χ1n) is 11.3. The minimum atomic E-state index is -2.11. The molecule has 7 heteroatoms. The van der Waals surface area contributed by atoms with E-state index in [1.54, 1.807) is 60.7 Å². The first-order chi connectivity index (χ1) is 16.8. The van der Waals surface area contributed by atoms with E-state index < -0.39 is 46.9 Å². The predicted octanol–water partition coefficient (Wildman–Crippen LogP) is 4.65. The van der Waals surface area contributed by atoms with E-state index in [9.17, 15) is 19.2 Å². The summed E-state index contributed by atoms with van der Waals surface area (Å²) >= 11 is 6.47. The summed E-state index contributed by atoms with van der Waals surface area (Å²) in [4.78, 5) is 56.5. The van der Waals surface area contributed by atoms with Crippen LogP contribution in [-0.4, -0.2) is 29.0 Å². The van der Waals surface area contributed by atoms with Crippen LogP contribution in [0.2, 0.25) is 5.02 Å². The van der Waals surface area contributed by atoms with Crippen molar-refractivity contribution in [3.63, 3.8) is 0 Å². The van der Waals surface area contributed by atoms with Gasteiger partial charge in [0.2, 0.25) is 29.0 Å². The highest BCUT2D eigenvalue weighted by atomic mass is 35.5. The second-order valence-corrected chi connectivity index (χ2v) is 9.69. The van der Waals surface area contributed by atoms with Gasteiger partial charge in [-0.1, -0.05) is 60.1 Å². The summed E-state index contributed by atoms with van der Waals surface area (Å²) in [6.45, 7) is 3.83. The fraction of sp³-hybridized carbons (Fsp3) is 0.214. The maximum Gasteiger partial charge on any atom is 0.241 e. The Morgan fingerprint density at radius 2 is 1.43 bits per heavy atom. The van der Waals surface area contributed by atoms with Crippen LogP contribution >= 0.6 is 11.6 Å². The van der Waals surface area contributed by atoms with Gasteiger partial charge in [0.15, 0.2) is 0 Å². The van der Waals surface area contributed by atoms with Crippen LogP contribution in [0.4, 0.5) is 5.69 Å². The Labute approximate surface area is 206 Å². The van der Waals surface area contributed by atoms with Gasteiger partial charge in [-0.3, -0.25) is 19.2 Å². The molecule has 2 amide bonds. The highest BCUT2D eigenvalue weighted by Crippen LogP contribution is 2.58. The molecule has 0 radical (unpaired) electrons. The van der Waals surface area contributed by atoms with E-state index >= 15 is 0 Å². The first kappa shape index (κ1) is 21.9. The van der Waals surface area contributed by atoms with Gasteiger partial charge in [-0.25, -0.2) is 4.90 Å². The van der Waals surface area contributed by atoms with Crippen molar-refractivity contribution in [2.24, 2.45) is 11.8 Å². The lowest BCUT2D eigenvalue weighted by molar-refractivity contribution is -0.127. The van der Waals surface area contributed by atoms with Crippen molar-refractivity contribution < 1.29 is 23.9 Å². The molecule has 2 saturated heterocycles. The predicted molar refractivity (Wildman–Crippen MR) is 129 cm³/mol. The largest absolute Gasteiger partial charge is 0.349 e. The summed E-state index contributed by atoms with van der Waals surface area (Å²) < 4.78 is 6.27. The van der Waals surface area contributed by atoms with Gasteiger partial charge in [0.25, 0.3) is 0 Å². The van der Waals surface area contributed by atoms with E-state index in [0.29, 0.717) is 16.3 Å². The van der Waals surface area contributed by atoms with Crippen LogP contribution in [0.25, 0.3) is 0 Å². The van der Waals surface area contributed by atoms with Crippen molar-refractivity contribution >= 4 is 40.7 Å². The van der Waals surface area contributed by atoms with Crippen molar-refractivity contribution in [2.75, 3.05) is 4.90 Å². The molecular formula is C28H20ClNO5. The van der Waals surface area contributed by atoms with Gasteiger partial charge in [-0.05, 0) is 43.2 Å². The zero-order chi connectivity index (χ0) is 24.6. The number of rotatable bonds is 2. The Morgan fingerprint density at radius 1 is 0.800 bits per heavy atom. The number of ketones is 2. The number of carbonyl (C=O) groups is 4. The number of aryl methyl sites for hydroxylation is 2. The zero-order valence-corrected chi connectivity index (χ0v) is 19.7. The number of fused-ring (bicyclic) bond motifs is 3. The number of anilines is 1. The molecule has 3 aromatic rings. The second-order valence-electron chi connectivity index (χ2n) is 9.28. The molecule has 174 valence electrons. The molecule has 6 nitrogen and oxygen atoms in total. The topological polar surface area (TPSA) is 80.8 Å². The molecule has 3 atom stereocenters. The molecule has 3 aromatic carbocycles. The van der Waals surface area contributed by atoms with Crippen molar-refractivity contribution in [1.82, 2.24) is 0 Å². The summed E-state index contributed by atoms with van der Waals surface area (Å²) in [5.74, 6) is -4.69. The number of benzene rings is 3. The van der Waals surface area contributed by atoms with Gasteiger partial charge in [-0.2, -0.15) is 0 Å². The Bertz CT molecular complexity index is 1440. The van der Waals surface area contributed by atoms with E-state index in [2.05, 4.69) is 0 Å². The van der Waals surface area contributed by atoms with Gasteiger partial charge in [0, 0.05) is 21.7 Å². The van der Waals surface area contributed by atoms with E-state index in [-0.39, 0.29) is 11.1 Å². The third-order valence-corrected chi connectivity index (χ3v) is 7.82. The molecule has 35 heavy (non-hydrogen) atoms. The normalized spacial score (nSPS) is 24.4. The molecule has 6 rings (SSSR count). The van der Waals surface area contributed by atoms with Crippen LogP contribution in [0.5, 0.6) is 0 Å². The minimum Gasteiger partial charge on any atom is -0.349 e. The fourth-order valence-electron chi connectivity index (χ4n) is 5.62. The molecule has 0 bridgehead atoms. The first-order valence-corrected chi connectivity index (χ1v) is 11.7. The summed E-state index contributed by atoms with van der Waals surface area (Å²) in [5, 5.41) is 0.327. The highest BCUT2D eigenvalue weighted by Gasteiger charge is 2.74. The number of hydrogen-bond acceptors (Lipinski definition) is 5. The molecule has 2 heterocycles. The van der Waals surface area contributed by atoms with E-state index in [4.69, 9.17) is 16.3 Å². The van der Waals surface area contributed by atoms with E-state index in [1.807, 2.05) is 19.9 Å². The minimum absolute atomic E-state index is 0.195. The number of ether oxygens (including phenoxy) is 1. The molecule has 3 aliphatic rings. The molecule has 2 aliphatic heterocycles. The van der Waals surface area contributed by atoms with Crippen LogP contribution in [0.3, 0.4) is 0 Å². The van der Waals surface area contributed by atoms with Gasteiger partial charge in [0.1, 0.15) is 0 Å². The van der Waals surface area contributed by atoms with E-state index in [1.165, 1.54) is 0 Å². The third kappa shape index (κ3) is 2.75. The summed E-state index contributed by atoms with van der Waals surface area (Å²) in [7, 11) is 0. The molecule has 0 unspecified atom stereocenters. The number of nitrogens with zero attached hydrogens (tertiary/aromatic N) is 1. The maximum absolute atomic E-state index is 13.9. The Morgan fingerprint density at radius 3 is 2.06 bits per heavy atom. The van der Waals surface area contributed by atoms with Gasteiger partial charge < -0.3 is 4.74 Å². The smallest absolute Gasteiger partial charge is 0.241 e. The van der Waals surface area contributed by atoms with Gasteiger partial charge in [-0.15, -0.1) is 0 Å². The molecule has 1 aliphatic carbocycles. The quantitative estimate of drug-likeness (QED) is 0.390. The number of hydrogen-bond donors (Lipinski definition) is 0. The maximum atomic E-state index is 13.9. The monoisotopic (exact) mass is 485 g/mol. The SMILES string of the molecule is Cc1ccc(N2C(=O)[C@@H]3[C@@H](c4ccccc4Cl)OC4(C(=O)c5ccccc5C4=O)[C@H]3C2=O)cc1C. The lowest BCUT2D eigenvalue weighted by Crippen LogP contribution is -2.51. The second kappa shape index (κ2) is 7.44. The van der Waals surface area contributed by atoms with Crippen molar-refractivity contribution in [3.05, 3.63) is 99.6 Å². The van der Waals surface area contributed by atoms with E-state index in [0.717, 1.165) is 16.0 Å². The van der Waals surface area contributed by atoms with Crippen LogP contribution in [-0.2, 0) is 14.3 Å².